The molecule has 0 aromatic carbocycles. The van der Waals surface area contributed by atoms with E-state index in [1.54, 1.807) is 16.2 Å². The van der Waals surface area contributed by atoms with Gasteiger partial charge in [0.1, 0.15) is 16.7 Å². The summed E-state index contributed by atoms with van der Waals surface area (Å²) in [7, 11) is 0. The molecule has 0 spiro atoms. The molecule has 0 radical (unpaired) electrons. The van der Waals surface area contributed by atoms with Crippen LogP contribution in [0.4, 0.5) is 0 Å². The number of likely N-dealkylation sites (tertiary alicyclic amines) is 1. The highest BCUT2D eigenvalue weighted by Crippen LogP contribution is 2.33. The predicted octanol–water partition coefficient (Wildman–Crippen LogP) is 2.15. The summed E-state index contributed by atoms with van der Waals surface area (Å²) in [5.41, 5.74) is 1.20. The molecule has 1 unspecified atom stereocenters. The van der Waals surface area contributed by atoms with Crippen LogP contribution in [0.1, 0.15) is 55.8 Å². The van der Waals surface area contributed by atoms with Crippen LogP contribution in [0, 0.1) is 5.92 Å². The molecule has 2 aromatic heterocycles. The maximum Gasteiger partial charge on any atom is 0.259 e. The lowest BCUT2D eigenvalue weighted by atomic mass is 9.97. The summed E-state index contributed by atoms with van der Waals surface area (Å²) in [4.78, 5) is 54.4. The third kappa shape index (κ3) is 4.33. The predicted molar refractivity (Wildman–Crippen MR) is 128 cm³/mol. The number of rotatable bonds is 4. The van der Waals surface area contributed by atoms with E-state index < -0.39 is 0 Å². The molecule has 2 saturated heterocycles. The Morgan fingerprint density at radius 1 is 1.09 bits per heavy atom. The highest BCUT2D eigenvalue weighted by Gasteiger charge is 2.38. The average molecular weight is 472 g/mol. The van der Waals surface area contributed by atoms with Gasteiger partial charge in [0.25, 0.3) is 5.56 Å². The van der Waals surface area contributed by atoms with Crippen LogP contribution in [0.5, 0.6) is 0 Å². The number of fused-ring (bicyclic) bond motifs is 3. The third-order valence-corrected chi connectivity index (χ3v) is 8.43. The van der Waals surface area contributed by atoms with Crippen molar-refractivity contribution in [2.75, 3.05) is 32.7 Å². The summed E-state index contributed by atoms with van der Waals surface area (Å²) in [5.74, 6) is 0.773. The van der Waals surface area contributed by atoms with Crippen molar-refractivity contribution in [2.24, 2.45) is 5.92 Å². The number of H-pyrrole nitrogens is 1. The zero-order chi connectivity index (χ0) is 23.1. The van der Waals surface area contributed by atoms with Crippen LogP contribution in [0.2, 0.25) is 0 Å². The molecular weight excluding hydrogens is 438 g/mol. The third-order valence-electron chi connectivity index (χ3n) is 7.25. The lowest BCUT2D eigenvalue weighted by Gasteiger charge is -2.37. The fraction of sp³-hybridized carbons (Fsp3) is 0.667. The van der Waals surface area contributed by atoms with Gasteiger partial charge in [-0.3, -0.25) is 19.3 Å². The van der Waals surface area contributed by atoms with E-state index in [1.165, 1.54) is 16.9 Å². The molecule has 8 nitrogen and oxygen atoms in total. The molecule has 178 valence electrons. The van der Waals surface area contributed by atoms with Gasteiger partial charge >= 0.3 is 0 Å². The number of nitrogens with one attached hydrogen (secondary N) is 1. The molecule has 1 atom stereocenters. The Morgan fingerprint density at radius 2 is 1.85 bits per heavy atom. The van der Waals surface area contributed by atoms with Crippen LogP contribution < -0.4 is 5.56 Å². The van der Waals surface area contributed by atoms with Gasteiger partial charge in [-0.2, -0.15) is 0 Å². The summed E-state index contributed by atoms with van der Waals surface area (Å²) in [6.45, 7) is 7.79. The Bertz CT molecular complexity index is 1120. The summed E-state index contributed by atoms with van der Waals surface area (Å²) >= 11 is 1.68. The first-order valence-electron chi connectivity index (χ1n) is 12.3. The van der Waals surface area contributed by atoms with Gasteiger partial charge in [-0.25, -0.2) is 4.98 Å². The van der Waals surface area contributed by atoms with Gasteiger partial charge in [0.05, 0.1) is 11.9 Å². The largest absolute Gasteiger partial charge is 0.338 e. The molecule has 5 rings (SSSR count). The lowest BCUT2D eigenvalue weighted by Crippen LogP contribution is -2.54. The van der Waals surface area contributed by atoms with Crippen molar-refractivity contribution in [1.29, 1.82) is 0 Å². The van der Waals surface area contributed by atoms with E-state index in [0.29, 0.717) is 32.0 Å². The van der Waals surface area contributed by atoms with Crippen LogP contribution in [0.3, 0.4) is 0 Å². The minimum absolute atomic E-state index is 0.0145. The highest BCUT2D eigenvalue weighted by atomic mass is 32.1. The average Bonchev–Trinajstić information content (AvgIpc) is 3.43. The number of aromatic amines is 1. The summed E-state index contributed by atoms with van der Waals surface area (Å²) in [5, 5.41) is 0.797. The zero-order valence-corrected chi connectivity index (χ0v) is 20.4. The van der Waals surface area contributed by atoms with E-state index in [0.717, 1.165) is 55.4 Å². The Kier molecular flexibility index (Phi) is 6.26. The summed E-state index contributed by atoms with van der Waals surface area (Å²) in [6, 6.07) is -0.309. The summed E-state index contributed by atoms with van der Waals surface area (Å²) in [6.07, 6.45) is 6.03. The molecule has 2 fully saturated rings. The molecule has 2 amide bonds. The smallest absolute Gasteiger partial charge is 0.259 e. The van der Waals surface area contributed by atoms with Crippen LogP contribution in [-0.2, 0) is 29.0 Å². The number of hydrogen-bond acceptors (Lipinski definition) is 6. The topological polar surface area (TPSA) is 89.6 Å². The molecule has 1 aliphatic carbocycles. The Hall–Kier alpha value is -2.26. The van der Waals surface area contributed by atoms with E-state index >= 15 is 0 Å². The van der Waals surface area contributed by atoms with Gasteiger partial charge in [-0.1, -0.05) is 13.8 Å². The number of nitrogens with zero attached hydrogens (tertiary/aromatic N) is 4. The van der Waals surface area contributed by atoms with Crippen molar-refractivity contribution in [1.82, 2.24) is 24.7 Å². The summed E-state index contributed by atoms with van der Waals surface area (Å²) < 4.78 is 0. The monoisotopic (exact) mass is 471 g/mol. The van der Waals surface area contributed by atoms with Crippen LogP contribution >= 0.6 is 11.3 Å². The van der Waals surface area contributed by atoms with Crippen LogP contribution in [-0.4, -0.2) is 75.2 Å². The van der Waals surface area contributed by atoms with Crippen molar-refractivity contribution in [3.05, 3.63) is 26.6 Å². The Morgan fingerprint density at radius 3 is 2.61 bits per heavy atom. The molecule has 2 aromatic rings. The van der Waals surface area contributed by atoms with Crippen molar-refractivity contribution in [3.63, 3.8) is 0 Å². The second-order valence-corrected chi connectivity index (χ2v) is 10.9. The molecule has 3 aliphatic rings. The second-order valence-electron chi connectivity index (χ2n) is 9.85. The Labute approximate surface area is 198 Å². The van der Waals surface area contributed by atoms with Crippen molar-refractivity contribution in [2.45, 2.75) is 65.0 Å². The fourth-order valence-electron chi connectivity index (χ4n) is 5.45. The van der Waals surface area contributed by atoms with Gasteiger partial charge in [-0.15, -0.1) is 11.3 Å². The normalized spacial score (nSPS) is 21.7. The SMILES string of the molecule is CC(C)C(=O)N1CCCC1C(=O)N1CCN(Cc2nc3sc4c(c3c(=O)[nH]2)CCCC4)CC1. The van der Waals surface area contributed by atoms with Crippen molar-refractivity contribution in [3.8, 4) is 0 Å². The number of amides is 2. The molecule has 9 heteroatoms. The molecule has 0 saturated carbocycles. The van der Waals surface area contributed by atoms with Gasteiger partial charge in [0, 0.05) is 43.5 Å². The van der Waals surface area contributed by atoms with Crippen LogP contribution in [0.15, 0.2) is 4.79 Å². The number of carbonyl (C=O) groups excluding carboxylic acids is 2. The van der Waals surface area contributed by atoms with Gasteiger partial charge in [0.2, 0.25) is 11.8 Å². The van der Waals surface area contributed by atoms with E-state index in [2.05, 4.69) is 9.88 Å². The number of carbonyl (C=O) groups is 2. The standard InChI is InChI=1S/C24H33N5O3S/c1-15(2)23(31)29-9-5-7-17(29)24(32)28-12-10-27(11-13-28)14-19-25-21(30)20-16-6-3-4-8-18(16)33-22(20)26-19/h15,17H,3-14H2,1-2H3,(H,25,26,30). The fourth-order valence-corrected chi connectivity index (χ4v) is 6.73. The van der Waals surface area contributed by atoms with Gasteiger partial charge in [-0.05, 0) is 44.1 Å². The maximum atomic E-state index is 13.1. The first kappa shape index (κ1) is 22.5. The minimum atomic E-state index is -0.309. The molecule has 2 aliphatic heterocycles. The van der Waals surface area contributed by atoms with Gasteiger partial charge in [0.15, 0.2) is 0 Å². The number of piperazine rings is 1. The molecule has 33 heavy (non-hydrogen) atoms. The number of thiophene rings is 1. The first-order chi connectivity index (χ1) is 15.9. The number of hydrogen-bond donors (Lipinski definition) is 1. The molecular formula is C24H33N5O3S. The minimum Gasteiger partial charge on any atom is -0.338 e. The highest BCUT2D eigenvalue weighted by molar-refractivity contribution is 7.18. The molecule has 1 N–H and O–H groups in total. The van der Waals surface area contributed by atoms with E-state index in [4.69, 9.17) is 4.98 Å². The van der Waals surface area contributed by atoms with Crippen molar-refractivity contribution >= 4 is 33.4 Å². The second kappa shape index (κ2) is 9.18. The zero-order valence-electron chi connectivity index (χ0n) is 19.6. The van der Waals surface area contributed by atoms with E-state index in [-0.39, 0.29) is 29.3 Å². The lowest BCUT2D eigenvalue weighted by molar-refractivity contribution is -0.146. The molecule has 4 heterocycles. The van der Waals surface area contributed by atoms with E-state index in [9.17, 15) is 14.4 Å². The molecule has 0 bridgehead atoms. The van der Waals surface area contributed by atoms with E-state index in [1.807, 2.05) is 18.7 Å². The first-order valence-corrected chi connectivity index (χ1v) is 13.1. The van der Waals surface area contributed by atoms with Gasteiger partial charge < -0.3 is 14.8 Å². The van der Waals surface area contributed by atoms with Crippen molar-refractivity contribution < 1.29 is 9.59 Å². The van der Waals surface area contributed by atoms with Crippen LogP contribution in [0.25, 0.3) is 10.2 Å². The maximum absolute atomic E-state index is 13.1. The quantitative estimate of drug-likeness (QED) is 0.738. The number of aryl methyl sites for hydroxylation is 2. The number of aromatic nitrogens is 2. The Balaban J connectivity index is 1.22.